The van der Waals surface area contributed by atoms with Gasteiger partial charge in [0.25, 0.3) is 0 Å². The van der Waals surface area contributed by atoms with E-state index >= 15 is 0 Å². The Balaban J connectivity index is 0.000000162. The lowest BCUT2D eigenvalue weighted by atomic mass is 10.1. The van der Waals surface area contributed by atoms with Crippen molar-refractivity contribution in [1.29, 1.82) is 0 Å². The summed E-state index contributed by atoms with van der Waals surface area (Å²) in [6, 6.07) is 23.6. The fraction of sp³-hybridized carbons (Fsp3) is 0.200. The van der Waals surface area contributed by atoms with E-state index in [1.54, 1.807) is 0 Å². The number of hydrogen-bond donors (Lipinski definition) is 0. The Morgan fingerprint density at radius 1 is 0.867 bits per heavy atom. The minimum atomic E-state index is 1.19. The van der Waals surface area contributed by atoms with Gasteiger partial charge in [-0.3, -0.25) is 0 Å². The van der Waals surface area contributed by atoms with E-state index in [0.29, 0.717) is 0 Å². The molecule has 0 unspecified atom stereocenters. The van der Waals surface area contributed by atoms with Gasteiger partial charge in [0.15, 0.2) is 0 Å². The summed E-state index contributed by atoms with van der Waals surface area (Å²) in [6.07, 6.45) is 2.42. The van der Waals surface area contributed by atoms with Crippen molar-refractivity contribution < 1.29 is 0 Å². The zero-order valence-corrected chi connectivity index (χ0v) is 9.11. The highest BCUT2D eigenvalue weighted by atomic mass is 13.9. The first kappa shape index (κ1) is 11.5. The lowest BCUT2D eigenvalue weighted by Gasteiger charge is -1.93. The van der Waals surface area contributed by atoms with Gasteiger partial charge < -0.3 is 0 Å². The smallest absolute Gasteiger partial charge is 0.0184 e. The van der Waals surface area contributed by atoms with E-state index in [2.05, 4.69) is 31.2 Å². The highest BCUT2D eigenvalue weighted by Crippen LogP contribution is 2.00. The van der Waals surface area contributed by atoms with Gasteiger partial charge in [0.2, 0.25) is 0 Å². The second kappa shape index (κ2) is 7.81. The summed E-state index contributed by atoms with van der Waals surface area (Å²) in [4.78, 5) is 0. The van der Waals surface area contributed by atoms with E-state index in [1.807, 2.05) is 42.5 Å². The number of hydrogen-bond acceptors (Lipinski definition) is 0. The van der Waals surface area contributed by atoms with Gasteiger partial charge in [-0.05, 0) is 24.1 Å². The van der Waals surface area contributed by atoms with E-state index in [0.717, 1.165) is 0 Å². The molecular weight excluding hydrogens is 180 g/mol. The van der Waals surface area contributed by atoms with Crippen LogP contribution in [-0.4, -0.2) is 0 Å². The molecule has 0 saturated heterocycles. The Kier molecular flexibility index (Phi) is 5.99. The van der Waals surface area contributed by atoms with Crippen molar-refractivity contribution in [2.24, 2.45) is 0 Å². The topological polar surface area (TPSA) is 0 Å². The third kappa shape index (κ3) is 5.69. The largest absolute Gasteiger partial charge is 0.0651 e. The van der Waals surface area contributed by atoms with Crippen molar-refractivity contribution >= 4 is 0 Å². The monoisotopic (exact) mass is 196 g/mol. The summed E-state index contributed by atoms with van der Waals surface area (Å²) in [7, 11) is 0. The summed E-state index contributed by atoms with van der Waals surface area (Å²) in [5.41, 5.74) is 1.41. The van der Waals surface area contributed by atoms with Crippen LogP contribution in [0.2, 0.25) is 0 Å². The molecule has 2 radical (unpaired) electrons. The summed E-state index contributed by atoms with van der Waals surface area (Å²) < 4.78 is 0. The maximum atomic E-state index is 2.99. The molecule has 0 aromatic heterocycles. The van der Waals surface area contributed by atoms with Gasteiger partial charge in [0.1, 0.15) is 0 Å². The highest BCUT2D eigenvalue weighted by molar-refractivity contribution is 5.13. The van der Waals surface area contributed by atoms with Gasteiger partial charge in [-0.2, -0.15) is 0 Å². The van der Waals surface area contributed by atoms with Crippen LogP contribution in [0.25, 0.3) is 0 Å². The van der Waals surface area contributed by atoms with E-state index in [4.69, 9.17) is 0 Å². The fourth-order valence-electron chi connectivity index (χ4n) is 1.22. The van der Waals surface area contributed by atoms with Crippen LogP contribution in [0.15, 0.2) is 54.6 Å². The SMILES string of the molecule is CCCc1cc[c]cc1.[c]1ccccc1. The molecule has 2 aromatic carbocycles. The Hall–Kier alpha value is -1.56. The van der Waals surface area contributed by atoms with Crippen LogP contribution in [-0.2, 0) is 6.42 Å². The first-order chi connectivity index (χ1) is 7.43. The molecule has 2 rings (SSSR count). The maximum Gasteiger partial charge on any atom is -0.0184 e. The summed E-state index contributed by atoms with van der Waals surface area (Å²) >= 11 is 0. The number of rotatable bonds is 2. The average Bonchev–Trinajstić information content (AvgIpc) is 2.34. The Morgan fingerprint density at radius 2 is 1.47 bits per heavy atom. The Morgan fingerprint density at radius 3 is 1.87 bits per heavy atom. The first-order valence-electron chi connectivity index (χ1n) is 5.29. The molecule has 0 atom stereocenters. The van der Waals surface area contributed by atoms with Gasteiger partial charge in [0.05, 0.1) is 0 Å². The molecule has 15 heavy (non-hydrogen) atoms. The lowest BCUT2D eigenvalue weighted by molar-refractivity contribution is 0.922. The zero-order valence-electron chi connectivity index (χ0n) is 9.11. The van der Waals surface area contributed by atoms with Crippen LogP contribution < -0.4 is 0 Å². The molecule has 0 heterocycles. The second-order valence-electron chi connectivity index (χ2n) is 3.24. The molecule has 0 bridgehead atoms. The molecule has 2 aromatic rings. The van der Waals surface area contributed by atoms with E-state index < -0.39 is 0 Å². The molecule has 0 aliphatic carbocycles. The van der Waals surface area contributed by atoms with Gasteiger partial charge in [-0.25, -0.2) is 0 Å². The number of benzene rings is 2. The van der Waals surface area contributed by atoms with Crippen LogP contribution in [0.3, 0.4) is 0 Å². The summed E-state index contributed by atoms with van der Waals surface area (Å²) in [5.74, 6) is 0. The van der Waals surface area contributed by atoms with E-state index in [-0.39, 0.29) is 0 Å². The van der Waals surface area contributed by atoms with Crippen LogP contribution in [0, 0.1) is 12.1 Å². The highest BCUT2D eigenvalue weighted by Gasteiger charge is 1.84. The van der Waals surface area contributed by atoms with Gasteiger partial charge >= 0.3 is 0 Å². The molecular formula is C15H16. The van der Waals surface area contributed by atoms with Crippen molar-refractivity contribution in [2.45, 2.75) is 19.8 Å². The first-order valence-corrected chi connectivity index (χ1v) is 5.29. The Labute approximate surface area is 92.6 Å². The molecule has 0 fully saturated rings. The molecule has 0 amide bonds. The zero-order chi connectivity index (χ0) is 10.8. The molecule has 0 aliphatic heterocycles. The summed E-state index contributed by atoms with van der Waals surface area (Å²) in [5, 5.41) is 0. The van der Waals surface area contributed by atoms with Crippen molar-refractivity contribution in [3.63, 3.8) is 0 Å². The molecule has 0 aliphatic rings. The third-order valence-corrected chi connectivity index (χ3v) is 1.93. The standard InChI is InChI=1S/C9H11.C6H5/c1-2-6-9-7-4-3-5-8-9;1-2-4-6-5-3-1/h4-5,7-8H,2,6H2,1H3;1-5H. The van der Waals surface area contributed by atoms with Crippen molar-refractivity contribution in [2.75, 3.05) is 0 Å². The summed E-state index contributed by atoms with van der Waals surface area (Å²) in [6.45, 7) is 2.19. The van der Waals surface area contributed by atoms with Crippen LogP contribution in [0.5, 0.6) is 0 Å². The molecule has 76 valence electrons. The molecule has 0 spiro atoms. The molecule has 0 heteroatoms. The van der Waals surface area contributed by atoms with Gasteiger partial charge in [-0.15, -0.1) is 0 Å². The number of aryl methyl sites for hydroxylation is 1. The van der Waals surface area contributed by atoms with Gasteiger partial charge in [-0.1, -0.05) is 67.9 Å². The normalized spacial score (nSPS) is 8.87. The average molecular weight is 196 g/mol. The van der Waals surface area contributed by atoms with Crippen molar-refractivity contribution in [1.82, 2.24) is 0 Å². The second-order valence-corrected chi connectivity index (χ2v) is 3.24. The Bertz CT molecular complexity index is 297. The van der Waals surface area contributed by atoms with Gasteiger partial charge in [0, 0.05) is 0 Å². The molecule has 0 nitrogen and oxygen atoms in total. The molecule has 0 N–H and O–H groups in total. The van der Waals surface area contributed by atoms with Crippen LogP contribution in [0.4, 0.5) is 0 Å². The van der Waals surface area contributed by atoms with Crippen molar-refractivity contribution in [3.8, 4) is 0 Å². The maximum absolute atomic E-state index is 2.99. The van der Waals surface area contributed by atoms with E-state index in [1.165, 1.54) is 18.4 Å². The van der Waals surface area contributed by atoms with Crippen LogP contribution >= 0.6 is 0 Å². The lowest BCUT2D eigenvalue weighted by Crippen LogP contribution is -1.79. The predicted octanol–water partition coefficient (Wildman–Crippen LogP) is 3.93. The van der Waals surface area contributed by atoms with E-state index in [9.17, 15) is 0 Å². The fourth-order valence-corrected chi connectivity index (χ4v) is 1.22. The third-order valence-electron chi connectivity index (χ3n) is 1.93. The minimum Gasteiger partial charge on any atom is -0.0651 e. The van der Waals surface area contributed by atoms with Crippen molar-refractivity contribution in [3.05, 3.63) is 72.3 Å². The van der Waals surface area contributed by atoms with Crippen LogP contribution in [0.1, 0.15) is 18.9 Å². The predicted molar refractivity (Wildman–Crippen MR) is 64.6 cm³/mol. The minimum absolute atomic E-state index is 1.19. The molecule has 0 saturated carbocycles. The quantitative estimate of drug-likeness (QED) is 0.682.